The van der Waals surface area contributed by atoms with E-state index in [9.17, 15) is 4.79 Å². The molecular formula is C19H21N3O2. The highest BCUT2D eigenvalue weighted by molar-refractivity contribution is 5.84. The average molecular weight is 323 g/mol. The molecule has 0 fully saturated rings. The SMILES string of the molecule is CCCCCC(=O)C(Oc1ccccc1)n1nnc2ccccc21. The Balaban J connectivity index is 1.90. The molecule has 0 aliphatic heterocycles. The molecule has 1 unspecified atom stereocenters. The van der Waals surface area contributed by atoms with E-state index in [1.807, 2.05) is 54.6 Å². The minimum atomic E-state index is -0.795. The second-order valence-corrected chi connectivity index (χ2v) is 5.73. The van der Waals surface area contributed by atoms with Gasteiger partial charge < -0.3 is 4.74 Å². The number of nitrogens with zero attached hydrogens (tertiary/aromatic N) is 3. The van der Waals surface area contributed by atoms with Gasteiger partial charge in [0.25, 0.3) is 6.23 Å². The van der Waals surface area contributed by atoms with E-state index in [1.54, 1.807) is 4.68 Å². The molecule has 1 aromatic heterocycles. The van der Waals surface area contributed by atoms with E-state index in [1.165, 1.54) is 0 Å². The number of hydrogen-bond acceptors (Lipinski definition) is 4. The molecule has 5 heteroatoms. The summed E-state index contributed by atoms with van der Waals surface area (Å²) < 4.78 is 7.55. The lowest BCUT2D eigenvalue weighted by molar-refractivity contribution is -0.130. The van der Waals surface area contributed by atoms with Crippen LogP contribution >= 0.6 is 0 Å². The number of benzene rings is 2. The van der Waals surface area contributed by atoms with Gasteiger partial charge in [0.2, 0.25) is 0 Å². The molecule has 3 rings (SSSR count). The van der Waals surface area contributed by atoms with Crippen molar-refractivity contribution in [1.82, 2.24) is 15.0 Å². The van der Waals surface area contributed by atoms with Gasteiger partial charge in [0, 0.05) is 6.42 Å². The number of ketones is 1. The van der Waals surface area contributed by atoms with E-state index in [4.69, 9.17) is 4.74 Å². The summed E-state index contributed by atoms with van der Waals surface area (Å²) in [6, 6.07) is 16.9. The van der Waals surface area contributed by atoms with Crippen LogP contribution in [0.15, 0.2) is 54.6 Å². The van der Waals surface area contributed by atoms with Gasteiger partial charge >= 0.3 is 0 Å². The molecular weight excluding hydrogens is 302 g/mol. The van der Waals surface area contributed by atoms with E-state index in [-0.39, 0.29) is 5.78 Å². The zero-order valence-corrected chi connectivity index (χ0v) is 13.8. The third kappa shape index (κ3) is 3.62. The molecule has 0 bridgehead atoms. The molecule has 0 aliphatic rings. The lowest BCUT2D eigenvalue weighted by atomic mass is 10.1. The fourth-order valence-corrected chi connectivity index (χ4v) is 2.61. The Morgan fingerprint density at radius 1 is 1.08 bits per heavy atom. The summed E-state index contributed by atoms with van der Waals surface area (Å²) in [5.41, 5.74) is 1.54. The van der Waals surface area contributed by atoms with E-state index in [0.717, 1.165) is 30.3 Å². The highest BCUT2D eigenvalue weighted by Gasteiger charge is 2.25. The zero-order chi connectivity index (χ0) is 16.8. The van der Waals surface area contributed by atoms with Gasteiger partial charge in [0.05, 0.1) is 5.52 Å². The first kappa shape index (κ1) is 16.2. The molecule has 124 valence electrons. The molecule has 0 amide bonds. The van der Waals surface area contributed by atoms with Crippen molar-refractivity contribution in [1.29, 1.82) is 0 Å². The number of carbonyl (C=O) groups is 1. The molecule has 0 N–H and O–H groups in total. The third-order valence-corrected chi connectivity index (χ3v) is 3.89. The van der Waals surface area contributed by atoms with E-state index >= 15 is 0 Å². The van der Waals surface area contributed by atoms with Gasteiger partial charge in [-0.2, -0.15) is 4.68 Å². The summed E-state index contributed by atoms with van der Waals surface area (Å²) >= 11 is 0. The zero-order valence-electron chi connectivity index (χ0n) is 13.8. The number of para-hydroxylation sites is 2. The molecule has 5 nitrogen and oxygen atoms in total. The van der Waals surface area contributed by atoms with Crippen LogP contribution in [0.5, 0.6) is 5.75 Å². The van der Waals surface area contributed by atoms with Crippen molar-refractivity contribution in [3.63, 3.8) is 0 Å². The number of rotatable bonds is 8. The number of aromatic nitrogens is 3. The highest BCUT2D eigenvalue weighted by atomic mass is 16.5. The summed E-state index contributed by atoms with van der Waals surface area (Å²) in [4.78, 5) is 12.8. The van der Waals surface area contributed by atoms with Crippen LogP contribution in [-0.4, -0.2) is 20.8 Å². The molecule has 0 saturated heterocycles. The van der Waals surface area contributed by atoms with Crippen molar-refractivity contribution in [3.05, 3.63) is 54.6 Å². The minimum absolute atomic E-state index is 0.0166. The molecule has 1 heterocycles. The van der Waals surface area contributed by atoms with Crippen LogP contribution in [0.3, 0.4) is 0 Å². The van der Waals surface area contributed by atoms with Crippen molar-refractivity contribution in [2.75, 3.05) is 0 Å². The summed E-state index contributed by atoms with van der Waals surface area (Å²) in [6.07, 6.45) is 2.64. The van der Waals surface area contributed by atoms with Crippen molar-refractivity contribution in [2.24, 2.45) is 0 Å². The monoisotopic (exact) mass is 323 g/mol. The predicted molar refractivity (Wildman–Crippen MR) is 92.8 cm³/mol. The largest absolute Gasteiger partial charge is 0.461 e. The standard InChI is InChI=1S/C19H21N3O2/c1-2-3-5-14-18(23)19(24-15-10-6-4-7-11-15)22-17-13-9-8-12-16(17)20-21-22/h4,6-13,19H,2-3,5,14H2,1H3. The molecule has 2 aromatic carbocycles. The average Bonchev–Trinajstić information content (AvgIpc) is 3.04. The van der Waals surface area contributed by atoms with Gasteiger partial charge in [-0.1, -0.05) is 55.3 Å². The van der Waals surface area contributed by atoms with Gasteiger partial charge in [-0.25, -0.2) is 0 Å². The van der Waals surface area contributed by atoms with Crippen LogP contribution < -0.4 is 4.74 Å². The van der Waals surface area contributed by atoms with Crippen LogP contribution in [0.4, 0.5) is 0 Å². The maximum atomic E-state index is 12.8. The summed E-state index contributed by atoms with van der Waals surface area (Å²) in [7, 11) is 0. The van der Waals surface area contributed by atoms with Crippen LogP contribution in [0.1, 0.15) is 38.8 Å². The second-order valence-electron chi connectivity index (χ2n) is 5.73. The Labute approximate surface area is 141 Å². The molecule has 0 radical (unpaired) electrons. The number of hydrogen-bond donors (Lipinski definition) is 0. The molecule has 0 aliphatic carbocycles. The van der Waals surface area contributed by atoms with Gasteiger partial charge in [0.1, 0.15) is 11.3 Å². The first-order chi connectivity index (χ1) is 11.8. The van der Waals surface area contributed by atoms with Gasteiger partial charge in [-0.3, -0.25) is 4.79 Å². The smallest absolute Gasteiger partial charge is 0.252 e. The van der Waals surface area contributed by atoms with Gasteiger partial charge in [-0.15, -0.1) is 5.10 Å². The topological polar surface area (TPSA) is 57.0 Å². The summed E-state index contributed by atoms with van der Waals surface area (Å²) in [5.74, 6) is 0.661. The first-order valence-electron chi connectivity index (χ1n) is 8.34. The molecule has 1 atom stereocenters. The minimum Gasteiger partial charge on any atom is -0.461 e. The van der Waals surface area contributed by atoms with Crippen molar-refractivity contribution in [3.8, 4) is 5.75 Å². The summed E-state index contributed by atoms with van der Waals surface area (Å²) in [6.45, 7) is 2.12. The van der Waals surface area contributed by atoms with Gasteiger partial charge in [-0.05, 0) is 30.7 Å². The highest BCUT2D eigenvalue weighted by Crippen LogP contribution is 2.22. The quantitative estimate of drug-likeness (QED) is 0.584. The fourth-order valence-electron chi connectivity index (χ4n) is 2.61. The Kier molecular flexibility index (Phi) is 5.21. The van der Waals surface area contributed by atoms with Crippen LogP contribution in [0.25, 0.3) is 11.0 Å². The van der Waals surface area contributed by atoms with Crippen molar-refractivity contribution < 1.29 is 9.53 Å². The molecule has 24 heavy (non-hydrogen) atoms. The van der Waals surface area contributed by atoms with Crippen LogP contribution in [0, 0.1) is 0 Å². The number of Topliss-reactive ketones (excluding diaryl/α,β-unsaturated/α-hetero) is 1. The van der Waals surface area contributed by atoms with Crippen LogP contribution in [0.2, 0.25) is 0 Å². The fraction of sp³-hybridized carbons (Fsp3) is 0.316. The Morgan fingerprint density at radius 3 is 2.62 bits per heavy atom. The first-order valence-corrected chi connectivity index (χ1v) is 8.34. The lowest BCUT2D eigenvalue weighted by Crippen LogP contribution is -2.26. The molecule has 0 spiro atoms. The number of carbonyl (C=O) groups excluding carboxylic acids is 1. The lowest BCUT2D eigenvalue weighted by Gasteiger charge is -2.18. The van der Waals surface area contributed by atoms with Crippen molar-refractivity contribution >= 4 is 16.8 Å². The second kappa shape index (κ2) is 7.73. The third-order valence-electron chi connectivity index (χ3n) is 3.89. The number of ether oxygens (including phenoxy) is 1. The predicted octanol–water partition coefficient (Wildman–Crippen LogP) is 4.16. The van der Waals surface area contributed by atoms with Gasteiger partial charge in [0.15, 0.2) is 5.78 Å². The Hall–Kier alpha value is -2.69. The van der Waals surface area contributed by atoms with E-state index in [2.05, 4.69) is 17.2 Å². The van der Waals surface area contributed by atoms with E-state index < -0.39 is 6.23 Å². The van der Waals surface area contributed by atoms with E-state index in [0.29, 0.717) is 12.2 Å². The van der Waals surface area contributed by atoms with Crippen molar-refractivity contribution in [2.45, 2.75) is 38.8 Å². The Bertz CT molecular complexity index is 798. The maximum absolute atomic E-state index is 12.8. The van der Waals surface area contributed by atoms with Crippen LogP contribution in [-0.2, 0) is 4.79 Å². The normalized spacial score (nSPS) is 12.2. The molecule has 3 aromatic rings. The summed E-state index contributed by atoms with van der Waals surface area (Å²) in [5, 5.41) is 8.30. The number of unbranched alkanes of at least 4 members (excludes halogenated alkanes) is 2. The Morgan fingerprint density at radius 2 is 1.83 bits per heavy atom. The maximum Gasteiger partial charge on any atom is 0.252 e. The number of fused-ring (bicyclic) bond motifs is 1. The molecule has 0 saturated carbocycles.